The van der Waals surface area contributed by atoms with Crippen LogP contribution in [0.15, 0.2) is 119 Å². The van der Waals surface area contributed by atoms with Gasteiger partial charge in [-0.05, 0) is 143 Å². The van der Waals surface area contributed by atoms with E-state index in [1.807, 2.05) is 0 Å². The maximum atomic E-state index is 15.1. The SMILES string of the molecule is C/C1=C\C=C\C2(C)C=C(CO)C(C)CC23OC([O-])C(C3=O)C(O)/C=C/C2(C)C=C(CO)C(C)CC23OC([O-])C(C3=O)C(O)/C(C)=C/C=C/C2C=C(CO)C(C)CC23OC([O-])C(C3=O)C(O)/C=C/C2(C)C=C(C=O)C(C)CC23OC([O-])C(C3=O)C1O. The van der Waals surface area contributed by atoms with Gasteiger partial charge in [-0.15, -0.1) is 0 Å². The number of rotatable bonds is 4. The molecule has 0 aromatic heterocycles. The lowest BCUT2D eigenvalue weighted by atomic mass is 9.59. The Hall–Kier alpha value is -4.85. The molecule has 0 aromatic carbocycles. The molecule has 0 radical (unpaired) electrons. The Morgan fingerprint density at radius 2 is 0.894 bits per heavy atom. The van der Waals surface area contributed by atoms with Crippen LogP contribution in [0.1, 0.15) is 88.0 Å². The smallest absolute Gasteiger partial charge is 0.172 e. The van der Waals surface area contributed by atoms with Crippen molar-refractivity contribution >= 4 is 29.4 Å². The monoisotopic (exact) mass is 1180 g/mol. The third-order valence-corrected chi connectivity index (χ3v) is 20.9. The Morgan fingerprint density at radius 3 is 1.36 bits per heavy atom. The average molecular weight is 1180 g/mol. The summed E-state index contributed by atoms with van der Waals surface area (Å²) >= 11 is 0. The fourth-order valence-corrected chi connectivity index (χ4v) is 15.5. The topological polar surface area (TPSA) is 356 Å². The Kier molecular flexibility index (Phi) is 17.7. The molecule has 20 heteroatoms. The molecule has 4 heterocycles. The molecule has 464 valence electrons. The minimum absolute atomic E-state index is 0.0813. The van der Waals surface area contributed by atoms with E-state index in [-0.39, 0.29) is 42.4 Å². The van der Waals surface area contributed by atoms with Crippen LogP contribution >= 0.6 is 0 Å². The van der Waals surface area contributed by atoms with Gasteiger partial charge in [0.2, 0.25) is 0 Å². The Morgan fingerprint density at radius 1 is 0.506 bits per heavy atom. The third kappa shape index (κ3) is 10.1. The van der Waals surface area contributed by atoms with E-state index in [1.165, 1.54) is 88.5 Å². The zero-order valence-corrected chi connectivity index (χ0v) is 49.4. The summed E-state index contributed by atoms with van der Waals surface area (Å²) < 4.78 is 24.6. The van der Waals surface area contributed by atoms with Gasteiger partial charge in [0.25, 0.3) is 0 Å². The van der Waals surface area contributed by atoms with Crippen LogP contribution in [0.2, 0.25) is 0 Å². The first-order valence-corrected chi connectivity index (χ1v) is 29.3. The second-order valence-corrected chi connectivity index (χ2v) is 26.2. The highest BCUT2D eigenvalue weighted by Gasteiger charge is 2.66. The molecule has 0 aromatic rings. The van der Waals surface area contributed by atoms with E-state index < -0.39 is 184 Å². The van der Waals surface area contributed by atoms with Crippen molar-refractivity contribution in [1.29, 1.82) is 0 Å². The Bertz CT molecular complexity index is 3040. The molecule has 20 nitrogen and oxygen atoms in total. The first-order chi connectivity index (χ1) is 39.8. The highest BCUT2D eigenvalue weighted by atomic mass is 16.6. The van der Waals surface area contributed by atoms with Crippen LogP contribution in [0.5, 0.6) is 0 Å². The standard InChI is InChI=1S/C65H80O20/c1-32-12-10-14-42-20-38(28-66)34(3)21-62(42)51(74)45(55(78)82-62)43(70)15-18-60(8)26-40(30-68)37(6)24-65(60)54(77)48(58(81)85-65)50(73)33(2)13-11-17-59(7)25-39(29-67)35(4)22-63(59)52(75)46(56(79)83-63)44(71)16-19-61(9)27-41(31-69)36(5)23-64(61)53(76)47(49(32)72)57(80)84-64/h10-20,25-27,30,34-37,42-50,55-58,66-67,69-73H,21-24,28-29,31H2,1-9H3/q-4/b14-10+,17-11+,18-15+,19-16+,32-12+,33-13+. The summed E-state index contributed by atoms with van der Waals surface area (Å²) in [6, 6.07) is 0. The highest BCUT2D eigenvalue weighted by Crippen LogP contribution is 2.58. The fraction of sp³-hybridized carbons (Fsp3) is 0.615. The van der Waals surface area contributed by atoms with Crippen molar-refractivity contribution in [1.82, 2.24) is 0 Å². The van der Waals surface area contributed by atoms with Gasteiger partial charge in [-0.2, -0.15) is 0 Å². The first-order valence-electron chi connectivity index (χ1n) is 29.3. The fourth-order valence-electron chi connectivity index (χ4n) is 15.5. The molecule has 9 aliphatic rings. The van der Waals surface area contributed by atoms with Crippen molar-refractivity contribution in [2.24, 2.45) is 69.5 Å². The molecule has 4 saturated heterocycles. The van der Waals surface area contributed by atoms with Crippen LogP contribution in [0.4, 0.5) is 0 Å². The number of hydrogen-bond donors (Lipinski definition) is 7. The largest absolute Gasteiger partial charge is 0.830 e. The van der Waals surface area contributed by atoms with Crippen LogP contribution in [0.3, 0.4) is 0 Å². The van der Waals surface area contributed by atoms with Gasteiger partial charge in [0.1, 0.15) is 28.7 Å². The number of carbonyl (C=O) groups excluding carboxylic acids is 5. The van der Waals surface area contributed by atoms with Crippen LogP contribution < -0.4 is 20.4 Å². The van der Waals surface area contributed by atoms with Crippen molar-refractivity contribution in [3.63, 3.8) is 0 Å². The number of ether oxygens (including phenoxy) is 4. The summed E-state index contributed by atoms with van der Waals surface area (Å²) in [7, 11) is 0. The summed E-state index contributed by atoms with van der Waals surface area (Å²) in [4.78, 5) is 72.6. The number of aliphatic hydroxyl groups is 7. The Labute approximate surface area is 494 Å². The van der Waals surface area contributed by atoms with E-state index in [4.69, 9.17) is 18.9 Å². The lowest BCUT2D eigenvalue weighted by molar-refractivity contribution is -0.506. The lowest BCUT2D eigenvalue weighted by Crippen LogP contribution is -2.55. The van der Waals surface area contributed by atoms with Crippen molar-refractivity contribution in [3.8, 4) is 0 Å². The van der Waals surface area contributed by atoms with Gasteiger partial charge in [-0.1, -0.05) is 113 Å². The van der Waals surface area contributed by atoms with Crippen molar-refractivity contribution in [2.75, 3.05) is 19.8 Å². The number of ketones is 4. The van der Waals surface area contributed by atoms with Crippen LogP contribution in [0, 0.1) is 69.5 Å². The Balaban J connectivity index is 1.17. The van der Waals surface area contributed by atoms with Gasteiger partial charge >= 0.3 is 0 Å². The zero-order valence-electron chi connectivity index (χ0n) is 49.4. The minimum Gasteiger partial charge on any atom is -0.830 e. The molecule has 0 saturated carbocycles. The van der Waals surface area contributed by atoms with Crippen LogP contribution in [-0.2, 0) is 42.9 Å². The summed E-state index contributed by atoms with van der Waals surface area (Å²) in [5.74, 6) is -13.5. The van der Waals surface area contributed by atoms with Gasteiger partial charge in [0, 0.05) is 22.2 Å². The zero-order chi connectivity index (χ0) is 62.5. The molecule has 9 rings (SSSR count). The number of Topliss-reactive ketones (excluding diaryl/α,β-unsaturated/α-hetero) is 4. The van der Waals surface area contributed by atoms with Crippen molar-refractivity contribution in [3.05, 3.63) is 119 Å². The first kappa shape index (κ1) is 64.6. The normalized spacial score (nSPS) is 50.6. The number of hydrogen-bond acceptors (Lipinski definition) is 20. The van der Waals surface area contributed by atoms with Gasteiger partial charge in [-0.25, -0.2) is 0 Å². The number of allylic oxidation sites excluding steroid dienone is 5. The maximum Gasteiger partial charge on any atom is 0.172 e. The summed E-state index contributed by atoms with van der Waals surface area (Å²) in [5.41, 5.74) is -11.0. The predicted octanol–water partition coefficient (Wildman–Crippen LogP) is -0.200. The maximum absolute atomic E-state index is 15.1. The molecule has 4 fully saturated rings. The predicted molar refractivity (Wildman–Crippen MR) is 295 cm³/mol. The van der Waals surface area contributed by atoms with E-state index in [0.29, 0.717) is 23.0 Å². The van der Waals surface area contributed by atoms with Gasteiger partial charge in [-0.3, -0.25) is 24.0 Å². The van der Waals surface area contributed by atoms with Gasteiger partial charge < -0.3 is 75.1 Å². The molecule has 85 heavy (non-hydrogen) atoms. The second-order valence-electron chi connectivity index (χ2n) is 26.2. The molecule has 24 atom stereocenters. The molecule has 4 spiro atoms. The lowest BCUT2D eigenvalue weighted by Gasteiger charge is -2.48. The average Bonchev–Trinajstić information content (AvgIpc) is 1.67. The van der Waals surface area contributed by atoms with E-state index in [0.717, 1.165) is 12.2 Å². The third-order valence-electron chi connectivity index (χ3n) is 20.9. The van der Waals surface area contributed by atoms with E-state index in [9.17, 15) is 65.8 Å². The number of aliphatic hydroxyl groups excluding tert-OH is 7. The molecule has 5 aliphatic carbocycles. The minimum atomic E-state index is -2.18. The molecular weight excluding hydrogens is 1100 g/mol. The summed E-state index contributed by atoms with van der Waals surface area (Å²) in [5, 5.41) is 136. The number of fused-ring (bicyclic) bond motifs is 4. The summed E-state index contributed by atoms with van der Waals surface area (Å²) in [6.07, 6.45) is 3.67. The van der Waals surface area contributed by atoms with Crippen molar-refractivity contribution < 1.29 is 99.1 Å². The molecule has 24 unspecified atom stereocenters. The second kappa shape index (κ2) is 23.3. The molecule has 4 aliphatic heterocycles. The summed E-state index contributed by atoms with van der Waals surface area (Å²) in [6.45, 7) is 13.0. The quantitative estimate of drug-likeness (QED) is 0.142. The van der Waals surface area contributed by atoms with E-state index >= 15 is 14.4 Å². The van der Waals surface area contributed by atoms with E-state index in [1.54, 1.807) is 46.8 Å². The number of aldehydes is 1. The van der Waals surface area contributed by atoms with Crippen molar-refractivity contribution in [2.45, 2.75) is 160 Å². The molecule has 8 bridgehead atoms. The molecule has 7 N–H and O–H groups in total. The van der Waals surface area contributed by atoms with Gasteiger partial charge in [0.05, 0.1) is 67.9 Å². The van der Waals surface area contributed by atoms with Crippen LogP contribution in [-0.4, -0.2) is 157 Å². The highest BCUT2D eigenvalue weighted by molar-refractivity contribution is 5.97. The van der Waals surface area contributed by atoms with Crippen LogP contribution in [0.25, 0.3) is 0 Å². The van der Waals surface area contributed by atoms with E-state index in [2.05, 4.69) is 0 Å². The molecular formula is C65H80O20-4. The molecule has 0 amide bonds. The van der Waals surface area contributed by atoms with Gasteiger partial charge in [0.15, 0.2) is 23.1 Å². The number of carbonyl (C=O) groups is 5.